The first-order valence-electron chi connectivity index (χ1n) is 7.98. The number of nitrogens with one attached hydrogen (secondary N) is 1. The van der Waals surface area contributed by atoms with E-state index in [1.165, 1.54) is 31.2 Å². The summed E-state index contributed by atoms with van der Waals surface area (Å²) in [6.07, 6.45) is 5.56. The molecular formula is C16H22N2O2S. The maximum Gasteiger partial charge on any atom is 0.280 e. The zero-order chi connectivity index (χ0) is 14.4. The molecule has 0 bridgehead atoms. The van der Waals surface area contributed by atoms with Crippen LogP contribution in [0, 0.1) is 11.8 Å². The van der Waals surface area contributed by atoms with Gasteiger partial charge in [0.15, 0.2) is 0 Å². The van der Waals surface area contributed by atoms with Crippen LogP contribution in [0.5, 0.6) is 0 Å². The average molecular weight is 306 g/mol. The van der Waals surface area contributed by atoms with Crippen LogP contribution < -0.4 is 4.72 Å². The molecule has 0 aromatic heterocycles. The minimum absolute atomic E-state index is 0.187. The lowest BCUT2D eigenvalue weighted by Gasteiger charge is -2.30. The summed E-state index contributed by atoms with van der Waals surface area (Å²) in [5.74, 6) is 1.17. The third-order valence-corrected chi connectivity index (χ3v) is 6.54. The predicted octanol–water partition coefficient (Wildman–Crippen LogP) is 2.07. The van der Waals surface area contributed by atoms with E-state index in [9.17, 15) is 8.42 Å². The van der Waals surface area contributed by atoms with Crippen molar-refractivity contribution in [1.29, 1.82) is 0 Å². The van der Waals surface area contributed by atoms with E-state index in [4.69, 9.17) is 0 Å². The van der Waals surface area contributed by atoms with E-state index >= 15 is 0 Å². The maximum atomic E-state index is 12.7. The van der Waals surface area contributed by atoms with Gasteiger partial charge in [-0.3, -0.25) is 0 Å². The van der Waals surface area contributed by atoms with Crippen LogP contribution in [0.1, 0.15) is 36.8 Å². The number of hydrogen-bond donors (Lipinski definition) is 1. The van der Waals surface area contributed by atoms with Gasteiger partial charge in [0.05, 0.1) is 0 Å². The lowest BCUT2D eigenvalue weighted by Crippen LogP contribution is -2.48. The van der Waals surface area contributed by atoms with Crippen LogP contribution in [0.25, 0.3) is 0 Å². The molecule has 114 valence electrons. The minimum atomic E-state index is -3.35. The molecule has 0 unspecified atom stereocenters. The average Bonchev–Trinajstić information content (AvgIpc) is 3.38. The Bertz CT molecular complexity index is 623. The summed E-state index contributed by atoms with van der Waals surface area (Å²) in [7, 11) is -3.35. The topological polar surface area (TPSA) is 49.4 Å². The Morgan fingerprint density at radius 3 is 2.29 bits per heavy atom. The predicted molar refractivity (Wildman–Crippen MR) is 81.8 cm³/mol. The molecule has 4 rings (SSSR count). The van der Waals surface area contributed by atoms with Crippen molar-refractivity contribution >= 4 is 10.2 Å². The van der Waals surface area contributed by atoms with Crippen LogP contribution >= 0.6 is 0 Å². The van der Waals surface area contributed by atoms with E-state index in [1.807, 2.05) is 18.2 Å². The molecule has 1 aromatic carbocycles. The standard InChI is InChI=1S/C16H22N2O2S/c19-21(20,17-16(13-5-6-13)14-7-8-14)18-10-9-12-3-1-2-4-15(12)11-18/h1-4,13-14,16-17H,5-11H2. The molecule has 1 heterocycles. The molecule has 0 atom stereocenters. The summed E-state index contributed by atoms with van der Waals surface area (Å²) in [5.41, 5.74) is 2.42. The first-order chi connectivity index (χ1) is 10.1. The van der Waals surface area contributed by atoms with E-state index in [2.05, 4.69) is 10.8 Å². The van der Waals surface area contributed by atoms with Crippen LogP contribution in [0.4, 0.5) is 0 Å². The van der Waals surface area contributed by atoms with Gasteiger partial charge in [-0.25, -0.2) is 0 Å². The maximum absolute atomic E-state index is 12.7. The smallest absolute Gasteiger partial charge is 0.198 e. The van der Waals surface area contributed by atoms with Gasteiger partial charge >= 0.3 is 0 Å². The Morgan fingerprint density at radius 1 is 1.05 bits per heavy atom. The van der Waals surface area contributed by atoms with E-state index in [0.29, 0.717) is 24.9 Å². The second-order valence-corrected chi connectivity index (χ2v) is 8.38. The Kier molecular flexibility index (Phi) is 3.32. The Balaban J connectivity index is 1.50. The van der Waals surface area contributed by atoms with Gasteiger partial charge in [-0.15, -0.1) is 0 Å². The highest BCUT2D eigenvalue weighted by molar-refractivity contribution is 7.87. The Labute approximate surface area is 126 Å². The highest BCUT2D eigenvalue weighted by Gasteiger charge is 2.44. The van der Waals surface area contributed by atoms with Gasteiger partial charge in [-0.2, -0.15) is 17.4 Å². The highest BCUT2D eigenvalue weighted by Crippen LogP contribution is 2.45. The molecular weight excluding hydrogens is 284 g/mol. The van der Waals surface area contributed by atoms with Crippen LogP contribution in [-0.4, -0.2) is 25.3 Å². The summed E-state index contributed by atoms with van der Waals surface area (Å²) in [4.78, 5) is 0. The molecule has 0 amide bonds. The lowest BCUT2D eigenvalue weighted by molar-refractivity contribution is 0.368. The van der Waals surface area contributed by atoms with Crippen molar-refractivity contribution in [1.82, 2.24) is 9.03 Å². The fraction of sp³-hybridized carbons (Fsp3) is 0.625. The van der Waals surface area contributed by atoms with E-state index < -0.39 is 10.2 Å². The van der Waals surface area contributed by atoms with Gasteiger partial charge in [-0.1, -0.05) is 24.3 Å². The third-order valence-electron chi connectivity index (χ3n) is 4.98. The van der Waals surface area contributed by atoms with E-state index in [1.54, 1.807) is 4.31 Å². The van der Waals surface area contributed by atoms with E-state index in [0.717, 1.165) is 12.0 Å². The summed E-state index contributed by atoms with van der Waals surface area (Å²) >= 11 is 0. The highest BCUT2D eigenvalue weighted by atomic mass is 32.2. The molecule has 21 heavy (non-hydrogen) atoms. The molecule has 0 radical (unpaired) electrons. The number of fused-ring (bicyclic) bond motifs is 1. The number of rotatable bonds is 5. The van der Waals surface area contributed by atoms with Gasteiger partial charge in [0.2, 0.25) is 0 Å². The van der Waals surface area contributed by atoms with Crippen molar-refractivity contribution in [2.75, 3.05) is 6.54 Å². The van der Waals surface area contributed by atoms with Crippen LogP contribution in [-0.2, 0) is 23.2 Å². The van der Waals surface area contributed by atoms with Gasteiger partial charge in [0, 0.05) is 19.1 Å². The molecule has 2 aliphatic carbocycles. The van der Waals surface area contributed by atoms with Gasteiger partial charge in [0.1, 0.15) is 0 Å². The van der Waals surface area contributed by atoms with Crippen molar-refractivity contribution in [3.63, 3.8) is 0 Å². The second-order valence-electron chi connectivity index (χ2n) is 6.68. The van der Waals surface area contributed by atoms with E-state index in [-0.39, 0.29) is 6.04 Å². The fourth-order valence-corrected chi connectivity index (χ4v) is 4.93. The zero-order valence-electron chi connectivity index (χ0n) is 12.2. The van der Waals surface area contributed by atoms with Crippen LogP contribution in [0.2, 0.25) is 0 Å². The molecule has 5 heteroatoms. The van der Waals surface area contributed by atoms with Crippen molar-refractivity contribution < 1.29 is 8.42 Å². The number of benzene rings is 1. The van der Waals surface area contributed by atoms with Crippen molar-refractivity contribution in [2.45, 2.75) is 44.7 Å². The molecule has 0 saturated heterocycles. The SMILES string of the molecule is O=S(=O)(NC(C1CC1)C1CC1)N1CCc2ccccc2C1. The Hall–Kier alpha value is -0.910. The molecule has 0 spiro atoms. The molecule has 1 aliphatic heterocycles. The zero-order valence-corrected chi connectivity index (χ0v) is 13.0. The molecule has 2 fully saturated rings. The normalized spacial score (nSPS) is 23.3. The molecule has 4 nitrogen and oxygen atoms in total. The van der Waals surface area contributed by atoms with Crippen molar-refractivity contribution in [3.05, 3.63) is 35.4 Å². The molecule has 1 N–H and O–H groups in total. The van der Waals surface area contributed by atoms with Gasteiger partial charge in [0.25, 0.3) is 10.2 Å². The number of hydrogen-bond acceptors (Lipinski definition) is 2. The largest absolute Gasteiger partial charge is 0.280 e. The van der Waals surface area contributed by atoms with Gasteiger partial charge < -0.3 is 0 Å². The molecule has 3 aliphatic rings. The summed E-state index contributed by atoms with van der Waals surface area (Å²) in [6, 6.07) is 8.34. The molecule has 2 saturated carbocycles. The molecule has 1 aromatic rings. The third kappa shape index (κ3) is 2.87. The quantitative estimate of drug-likeness (QED) is 0.905. The monoisotopic (exact) mass is 306 g/mol. The second kappa shape index (κ2) is 5.07. The summed E-state index contributed by atoms with van der Waals surface area (Å²) in [6.45, 7) is 1.10. The summed E-state index contributed by atoms with van der Waals surface area (Å²) < 4.78 is 30.0. The first kappa shape index (κ1) is 13.7. The van der Waals surface area contributed by atoms with Crippen LogP contribution in [0.15, 0.2) is 24.3 Å². The number of nitrogens with zero attached hydrogens (tertiary/aromatic N) is 1. The summed E-state index contributed by atoms with van der Waals surface area (Å²) in [5, 5.41) is 0. The fourth-order valence-electron chi connectivity index (χ4n) is 3.41. The van der Waals surface area contributed by atoms with Crippen LogP contribution in [0.3, 0.4) is 0 Å². The van der Waals surface area contributed by atoms with Crippen molar-refractivity contribution in [2.24, 2.45) is 11.8 Å². The van der Waals surface area contributed by atoms with Crippen molar-refractivity contribution in [3.8, 4) is 0 Å². The van der Waals surface area contributed by atoms with Gasteiger partial charge in [-0.05, 0) is 55.1 Å². The first-order valence-corrected chi connectivity index (χ1v) is 9.42. The Morgan fingerprint density at radius 2 is 1.67 bits per heavy atom. The minimum Gasteiger partial charge on any atom is -0.198 e. The lowest BCUT2D eigenvalue weighted by atomic mass is 10.0.